The van der Waals surface area contributed by atoms with Crippen LogP contribution in [0.1, 0.15) is 0 Å². The van der Waals surface area contributed by atoms with E-state index in [9.17, 15) is 0 Å². The van der Waals surface area contributed by atoms with E-state index in [1.165, 1.54) is 43.8 Å². The summed E-state index contributed by atoms with van der Waals surface area (Å²) < 4.78 is 4.73. The van der Waals surface area contributed by atoms with Gasteiger partial charge in [0.15, 0.2) is 0 Å². The summed E-state index contributed by atoms with van der Waals surface area (Å²) in [7, 11) is 0. The highest BCUT2D eigenvalue weighted by atomic mass is 15.0. The number of hydrogen-bond donors (Lipinski definition) is 0. The second-order valence-corrected chi connectivity index (χ2v) is 9.69. The van der Waals surface area contributed by atoms with Gasteiger partial charge in [-0.1, -0.05) is 78.9 Å². The molecule has 8 rings (SSSR count). The summed E-state index contributed by atoms with van der Waals surface area (Å²) in [5, 5.41) is 4.88. The minimum absolute atomic E-state index is 1.15. The fraction of sp³-hybridized carbons (Fsp3) is 0. The quantitative estimate of drug-likeness (QED) is 0.245. The number of fused-ring (bicyclic) bond motifs is 6. The summed E-state index contributed by atoms with van der Waals surface area (Å²) in [6.07, 6.45) is 3.86. The largest absolute Gasteiger partial charge is 0.309 e. The van der Waals surface area contributed by atoms with Crippen LogP contribution >= 0.6 is 0 Å². The molecular formula is C35H23N3. The molecule has 3 nitrogen and oxygen atoms in total. The lowest BCUT2D eigenvalue weighted by molar-refractivity contribution is 1.17. The maximum absolute atomic E-state index is 4.49. The number of aromatic nitrogens is 3. The molecule has 0 saturated heterocycles. The summed E-state index contributed by atoms with van der Waals surface area (Å²) >= 11 is 0. The summed E-state index contributed by atoms with van der Waals surface area (Å²) in [6.45, 7) is 0. The highest BCUT2D eigenvalue weighted by Gasteiger charge is 2.18. The molecule has 0 unspecified atom stereocenters. The van der Waals surface area contributed by atoms with Crippen LogP contribution in [0.2, 0.25) is 0 Å². The Hall–Kier alpha value is -5.15. The van der Waals surface area contributed by atoms with Crippen molar-refractivity contribution in [2.24, 2.45) is 0 Å². The van der Waals surface area contributed by atoms with Crippen LogP contribution in [0.3, 0.4) is 0 Å². The van der Waals surface area contributed by atoms with Gasteiger partial charge >= 0.3 is 0 Å². The predicted molar refractivity (Wildman–Crippen MR) is 158 cm³/mol. The van der Waals surface area contributed by atoms with Gasteiger partial charge in [-0.25, -0.2) is 0 Å². The molecule has 0 saturated carbocycles. The Balaban J connectivity index is 1.46. The number of nitrogens with zero attached hydrogens (tertiary/aromatic N) is 3. The third-order valence-electron chi connectivity index (χ3n) is 7.60. The highest BCUT2D eigenvalue weighted by Crippen LogP contribution is 2.40. The predicted octanol–water partition coefficient (Wildman–Crippen LogP) is 8.94. The molecule has 0 amide bonds. The number of pyridine rings is 1. The Labute approximate surface area is 219 Å². The Morgan fingerprint density at radius 1 is 0.447 bits per heavy atom. The van der Waals surface area contributed by atoms with Crippen LogP contribution in [-0.4, -0.2) is 14.1 Å². The number of rotatable bonds is 3. The normalized spacial score (nSPS) is 11.7. The van der Waals surface area contributed by atoms with E-state index in [0.29, 0.717) is 0 Å². The van der Waals surface area contributed by atoms with Crippen molar-refractivity contribution >= 4 is 43.6 Å². The third kappa shape index (κ3) is 2.99. The van der Waals surface area contributed by atoms with Crippen LogP contribution in [0.5, 0.6) is 0 Å². The molecule has 3 aromatic heterocycles. The third-order valence-corrected chi connectivity index (χ3v) is 7.60. The lowest BCUT2D eigenvalue weighted by atomic mass is 10.00. The van der Waals surface area contributed by atoms with Gasteiger partial charge in [0.1, 0.15) is 0 Å². The SMILES string of the molecule is c1ccc(-n2c3ccncc3c3cc(-c4cccc5c6ccccc6n(-c6ccccc6)c45)ccc32)cc1. The molecule has 0 atom stereocenters. The topological polar surface area (TPSA) is 22.8 Å². The molecule has 3 heteroatoms. The van der Waals surface area contributed by atoms with Gasteiger partial charge in [0.25, 0.3) is 0 Å². The fourth-order valence-corrected chi connectivity index (χ4v) is 5.99. The average molecular weight is 486 g/mol. The van der Waals surface area contributed by atoms with E-state index in [2.05, 4.69) is 142 Å². The molecule has 0 aliphatic heterocycles. The number of para-hydroxylation sites is 4. The fourth-order valence-electron chi connectivity index (χ4n) is 5.99. The summed E-state index contributed by atoms with van der Waals surface area (Å²) in [5.74, 6) is 0. The lowest BCUT2D eigenvalue weighted by Gasteiger charge is -2.12. The van der Waals surface area contributed by atoms with Gasteiger partial charge in [-0.05, 0) is 54.1 Å². The molecule has 0 aliphatic carbocycles. The van der Waals surface area contributed by atoms with Crippen LogP contribution in [0, 0.1) is 0 Å². The van der Waals surface area contributed by atoms with E-state index in [-0.39, 0.29) is 0 Å². The van der Waals surface area contributed by atoms with Gasteiger partial charge in [0.2, 0.25) is 0 Å². The van der Waals surface area contributed by atoms with Crippen LogP contribution in [0.25, 0.3) is 66.1 Å². The standard InChI is InChI=1S/C35H23N3/c1-3-10-25(11-4-1)37-33-19-18-24(22-30(33)31-23-36-21-20-34(31)37)27-15-9-16-29-28-14-7-8-17-32(28)38(35(27)29)26-12-5-2-6-13-26/h1-23H. The molecule has 0 bridgehead atoms. The van der Waals surface area contributed by atoms with Gasteiger partial charge in [0, 0.05) is 50.9 Å². The van der Waals surface area contributed by atoms with Crippen LogP contribution in [0.15, 0.2) is 140 Å². The number of hydrogen-bond acceptors (Lipinski definition) is 1. The smallest absolute Gasteiger partial charge is 0.0619 e. The van der Waals surface area contributed by atoms with Crippen molar-refractivity contribution in [1.82, 2.24) is 14.1 Å². The van der Waals surface area contributed by atoms with E-state index in [4.69, 9.17) is 0 Å². The van der Waals surface area contributed by atoms with Crippen molar-refractivity contribution < 1.29 is 0 Å². The van der Waals surface area contributed by atoms with Crippen molar-refractivity contribution in [2.45, 2.75) is 0 Å². The van der Waals surface area contributed by atoms with Crippen molar-refractivity contribution in [3.05, 3.63) is 140 Å². The first kappa shape index (κ1) is 21.0. The van der Waals surface area contributed by atoms with Gasteiger partial charge < -0.3 is 9.13 Å². The van der Waals surface area contributed by atoms with Crippen molar-refractivity contribution in [3.63, 3.8) is 0 Å². The zero-order chi connectivity index (χ0) is 25.1. The van der Waals surface area contributed by atoms with Crippen LogP contribution in [-0.2, 0) is 0 Å². The van der Waals surface area contributed by atoms with Gasteiger partial charge in [0.05, 0.1) is 22.1 Å². The van der Waals surface area contributed by atoms with Crippen molar-refractivity contribution in [2.75, 3.05) is 0 Å². The van der Waals surface area contributed by atoms with E-state index < -0.39 is 0 Å². The van der Waals surface area contributed by atoms with Crippen molar-refractivity contribution in [1.29, 1.82) is 0 Å². The van der Waals surface area contributed by atoms with Crippen molar-refractivity contribution in [3.8, 4) is 22.5 Å². The van der Waals surface area contributed by atoms with E-state index in [1.807, 2.05) is 12.4 Å². The first-order valence-electron chi connectivity index (χ1n) is 12.9. The monoisotopic (exact) mass is 485 g/mol. The molecule has 0 fully saturated rings. The zero-order valence-electron chi connectivity index (χ0n) is 20.6. The molecule has 0 radical (unpaired) electrons. The van der Waals surface area contributed by atoms with Gasteiger partial charge in [-0.2, -0.15) is 0 Å². The van der Waals surface area contributed by atoms with E-state index >= 15 is 0 Å². The second kappa shape index (κ2) is 8.19. The molecule has 0 aliphatic rings. The summed E-state index contributed by atoms with van der Waals surface area (Å²) in [6, 6.07) is 45.5. The Kier molecular flexibility index (Phi) is 4.52. The minimum atomic E-state index is 1.15. The van der Waals surface area contributed by atoms with Crippen LogP contribution in [0.4, 0.5) is 0 Å². The Morgan fingerprint density at radius 2 is 1.11 bits per heavy atom. The average Bonchev–Trinajstić information content (AvgIpc) is 3.51. The molecule has 178 valence electrons. The Morgan fingerprint density at radius 3 is 1.92 bits per heavy atom. The maximum atomic E-state index is 4.49. The van der Waals surface area contributed by atoms with Crippen LogP contribution < -0.4 is 0 Å². The van der Waals surface area contributed by atoms with E-state index in [1.54, 1.807) is 0 Å². The minimum Gasteiger partial charge on any atom is -0.309 e. The molecule has 3 heterocycles. The molecule has 8 aromatic rings. The second-order valence-electron chi connectivity index (χ2n) is 9.69. The first-order chi connectivity index (χ1) is 18.9. The summed E-state index contributed by atoms with van der Waals surface area (Å²) in [4.78, 5) is 4.49. The molecule has 0 spiro atoms. The molecule has 5 aromatic carbocycles. The Bertz CT molecular complexity index is 2120. The molecular weight excluding hydrogens is 462 g/mol. The maximum Gasteiger partial charge on any atom is 0.0619 e. The summed E-state index contributed by atoms with van der Waals surface area (Å²) in [5.41, 5.74) is 9.51. The number of benzene rings is 5. The first-order valence-corrected chi connectivity index (χ1v) is 12.9. The zero-order valence-corrected chi connectivity index (χ0v) is 20.6. The van der Waals surface area contributed by atoms with E-state index in [0.717, 1.165) is 22.3 Å². The molecule has 38 heavy (non-hydrogen) atoms. The highest BCUT2D eigenvalue weighted by molar-refractivity contribution is 6.15. The van der Waals surface area contributed by atoms with Gasteiger partial charge in [-0.3, -0.25) is 4.98 Å². The van der Waals surface area contributed by atoms with Gasteiger partial charge in [-0.15, -0.1) is 0 Å². The lowest BCUT2D eigenvalue weighted by Crippen LogP contribution is -1.95. The molecule has 0 N–H and O–H groups in total.